The molecule has 1 aliphatic rings. The summed E-state index contributed by atoms with van der Waals surface area (Å²) in [4.78, 5) is 25.7. The average molecular weight is 501 g/mol. The number of hydrogen-bond acceptors (Lipinski definition) is 6. The number of benzene rings is 1. The first-order valence-corrected chi connectivity index (χ1v) is 11.2. The predicted molar refractivity (Wildman–Crippen MR) is 134 cm³/mol. The zero-order valence-electron chi connectivity index (χ0n) is 20.6. The number of carbonyl (C=O) groups excluding carboxylic acids is 1. The number of amides is 1. The van der Waals surface area contributed by atoms with Crippen LogP contribution < -0.4 is 0 Å². The smallest absolute Gasteiger partial charge is 0.278 e. The van der Waals surface area contributed by atoms with Gasteiger partial charge in [-0.15, -0.1) is 12.4 Å². The van der Waals surface area contributed by atoms with Crippen molar-refractivity contribution in [2.75, 3.05) is 20.1 Å². The van der Waals surface area contributed by atoms with Gasteiger partial charge in [-0.1, -0.05) is 28.5 Å². The van der Waals surface area contributed by atoms with Crippen LogP contribution in [0, 0.1) is 5.82 Å². The van der Waals surface area contributed by atoms with E-state index in [2.05, 4.69) is 59.9 Å². The van der Waals surface area contributed by atoms with Gasteiger partial charge in [0.05, 0.1) is 30.0 Å². The van der Waals surface area contributed by atoms with Gasteiger partial charge in [-0.25, -0.2) is 9.37 Å². The first kappa shape index (κ1) is 26.3. The maximum Gasteiger partial charge on any atom is 0.278 e. The second-order valence-electron chi connectivity index (χ2n) is 9.01. The lowest BCUT2D eigenvalue weighted by molar-refractivity contribution is 0.0787. The molecule has 3 aromatic rings. The number of fused-ring (bicyclic) bond motifs is 3. The molecule has 1 amide bonds. The fourth-order valence-corrected chi connectivity index (χ4v) is 3.74. The molecule has 4 rings (SSSR count). The van der Waals surface area contributed by atoms with Gasteiger partial charge in [0.2, 0.25) is 0 Å². The molecule has 0 saturated heterocycles. The van der Waals surface area contributed by atoms with Gasteiger partial charge >= 0.3 is 0 Å². The van der Waals surface area contributed by atoms with Gasteiger partial charge in [0.1, 0.15) is 12.1 Å². The van der Waals surface area contributed by atoms with E-state index in [0.717, 1.165) is 18.8 Å². The average Bonchev–Trinajstić information content (AvgIpc) is 3.39. The summed E-state index contributed by atoms with van der Waals surface area (Å²) in [7, 11) is 1.67. The zero-order chi connectivity index (χ0) is 24.4. The Labute approximate surface area is 210 Å². The van der Waals surface area contributed by atoms with Gasteiger partial charge in [-0.3, -0.25) is 14.3 Å². The molecule has 10 heteroatoms. The van der Waals surface area contributed by atoms with Crippen LogP contribution in [0.3, 0.4) is 0 Å². The lowest BCUT2D eigenvalue weighted by Crippen LogP contribution is -2.25. The number of aromatic nitrogens is 4. The molecular weight excluding hydrogens is 471 g/mol. The van der Waals surface area contributed by atoms with E-state index in [1.165, 1.54) is 28.2 Å². The molecular formula is C25H30ClFN6O2. The third-order valence-electron chi connectivity index (χ3n) is 5.60. The second kappa shape index (κ2) is 11.0. The summed E-state index contributed by atoms with van der Waals surface area (Å²) in [6, 6.07) is 4.17. The van der Waals surface area contributed by atoms with Crippen LogP contribution in [0.2, 0.25) is 0 Å². The monoisotopic (exact) mass is 500 g/mol. The van der Waals surface area contributed by atoms with E-state index in [1.54, 1.807) is 24.0 Å². The number of halogens is 2. The summed E-state index contributed by atoms with van der Waals surface area (Å²) in [5.41, 5.74) is 4.58. The molecule has 0 bridgehead atoms. The molecule has 2 aromatic heterocycles. The largest absolute Gasteiger partial charge is 0.336 e. The van der Waals surface area contributed by atoms with Crippen molar-refractivity contribution in [3.05, 3.63) is 70.7 Å². The normalized spacial score (nSPS) is 12.5. The Hall–Kier alpha value is -3.30. The molecule has 0 spiro atoms. The fourth-order valence-electron chi connectivity index (χ4n) is 3.74. The van der Waals surface area contributed by atoms with Crippen LogP contribution in [0.4, 0.5) is 4.39 Å². The van der Waals surface area contributed by atoms with Crippen LogP contribution in [0.15, 0.2) is 52.3 Å². The Bertz CT molecular complexity index is 1250. The molecule has 1 aliphatic heterocycles. The summed E-state index contributed by atoms with van der Waals surface area (Å²) < 4.78 is 21.2. The molecule has 35 heavy (non-hydrogen) atoms. The standard InChI is InChI=1S/C25H29FN6O2.ClH/c1-16(2)8-10-31(11-9-17(3)4)14-22-28-24(34-29-22)23-21-13-30(5)25(33)19-12-18(26)6-7-20(19)32(21)15-27-23;/h6-9,12,15H,10-11,13-14H2,1-5H3;1H. The molecule has 186 valence electrons. The van der Waals surface area contributed by atoms with Gasteiger partial charge < -0.3 is 9.42 Å². The number of imidazole rings is 1. The van der Waals surface area contributed by atoms with Crippen molar-refractivity contribution in [2.45, 2.75) is 40.8 Å². The van der Waals surface area contributed by atoms with Crippen LogP contribution in [-0.2, 0) is 13.1 Å². The molecule has 0 aliphatic carbocycles. The summed E-state index contributed by atoms with van der Waals surface area (Å²) >= 11 is 0. The Morgan fingerprint density at radius 2 is 1.86 bits per heavy atom. The lowest BCUT2D eigenvalue weighted by Gasteiger charge is -2.17. The highest BCUT2D eigenvalue weighted by molar-refractivity contribution is 5.98. The van der Waals surface area contributed by atoms with E-state index in [1.807, 2.05) is 0 Å². The van der Waals surface area contributed by atoms with Crippen molar-refractivity contribution in [2.24, 2.45) is 0 Å². The number of carbonyl (C=O) groups is 1. The minimum atomic E-state index is -0.461. The van der Waals surface area contributed by atoms with Gasteiger partial charge in [0.15, 0.2) is 11.5 Å². The zero-order valence-corrected chi connectivity index (χ0v) is 21.4. The highest BCUT2D eigenvalue weighted by Gasteiger charge is 2.29. The summed E-state index contributed by atoms with van der Waals surface area (Å²) in [5.74, 6) is 0.127. The highest BCUT2D eigenvalue weighted by atomic mass is 35.5. The van der Waals surface area contributed by atoms with Crippen molar-refractivity contribution in [1.29, 1.82) is 0 Å². The minimum Gasteiger partial charge on any atom is -0.336 e. The van der Waals surface area contributed by atoms with Crippen molar-refractivity contribution < 1.29 is 13.7 Å². The quantitative estimate of drug-likeness (QED) is 0.433. The summed E-state index contributed by atoms with van der Waals surface area (Å²) in [6.45, 7) is 10.6. The van der Waals surface area contributed by atoms with E-state index in [9.17, 15) is 9.18 Å². The molecule has 0 radical (unpaired) electrons. The first-order chi connectivity index (χ1) is 16.2. The summed E-state index contributed by atoms with van der Waals surface area (Å²) in [6.07, 6.45) is 5.94. The van der Waals surface area contributed by atoms with Gasteiger partial charge in [0.25, 0.3) is 11.8 Å². The van der Waals surface area contributed by atoms with Crippen LogP contribution in [-0.4, -0.2) is 55.5 Å². The number of nitrogens with zero attached hydrogens (tertiary/aromatic N) is 6. The van der Waals surface area contributed by atoms with E-state index in [4.69, 9.17) is 4.52 Å². The molecule has 3 heterocycles. The molecule has 8 nitrogen and oxygen atoms in total. The van der Waals surface area contributed by atoms with E-state index in [0.29, 0.717) is 29.6 Å². The Balaban J connectivity index is 0.00000342. The van der Waals surface area contributed by atoms with Crippen molar-refractivity contribution in [3.8, 4) is 17.3 Å². The Kier molecular flexibility index (Phi) is 8.24. The van der Waals surface area contributed by atoms with Crippen LogP contribution in [0.1, 0.15) is 49.6 Å². The third-order valence-corrected chi connectivity index (χ3v) is 5.60. The topological polar surface area (TPSA) is 80.3 Å². The lowest BCUT2D eigenvalue weighted by atomic mass is 10.1. The van der Waals surface area contributed by atoms with Crippen LogP contribution in [0.25, 0.3) is 17.3 Å². The van der Waals surface area contributed by atoms with Gasteiger partial charge in [-0.2, -0.15) is 4.98 Å². The molecule has 0 fully saturated rings. The van der Waals surface area contributed by atoms with E-state index >= 15 is 0 Å². The SMILES string of the molecule is CC(C)=CCN(CC=C(C)C)Cc1noc(-c2ncn3c2CN(C)C(=O)c2cc(F)ccc2-3)n1.Cl. The fraction of sp³-hybridized carbons (Fsp3) is 0.360. The number of allylic oxidation sites excluding steroid dienone is 2. The Morgan fingerprint density at radius 3 is 2.51 bits per heavy atom. The minimum absolute atomic E-state index is 0. The third kappa shape index (κ3) is 5.86. The maximum absolute atomic E-state index is 13.8. The van der Waals surface area contributed by atoms with Gasteiger partial charge in [0, 0.05) is 20.1 Å². The Morgan fingerprint density at radius 1 is 1.17 bits per heavy atom. The van der Waals surface area contributed by atoms with Crippen LogP contribution in [0.5, 0.6) is 0 Å². The molecule has 0 N–H and O–H groups in total. The first-order valence-electron chi connectivity index (χ1n) is 11.2. The second-order valence-corrected chi connectivity index (χ2v) is 9.01. The van der Waals surface area contributed by atoms with Crippen molar-refractivity contribution >= 4 is 18.3 Å². The van der Waals surface area contributed by atoms with Crippen molar-refractivity contribution in [3.63, 3.8) is 0 Å². The number of rotatable bonds is 7. The summed E-state index contributed by atoms with van der Waals surface area (Å²) in [5, 5.41) is 4.18. The van der Waals surface area contributed by atoms with Crippen LogP contribution >= 0.6 is 12.4 Å². The molecule has 0 unspecified atom stereocenters. The number of hydrogen-bond donors (Lipinski definition) is 0. The predicted octanol–water partition coefficient (Wildman–Crippen LogP) is 4.80. The van der Waals surface area contributed by atoms with Gasteiger partial charge in [-0.05, 0) is 45.9 Å². The van der Waals surface area contributed by atoms with Crippen molar-refractivity contribution in [1.82, 2.24) is 29.5 Å². The maximum atomic E-state index is 13.8. The highest BCUT2D eigenvalue weighted by Crippen LogP contribution is 2.30. The van der Waals surface area contributed by atoms with E-state index in [-0.39, 0.29) is 30.4 Å². The van der Waals surface area contributed by atoms with E-state index < -0.39 is 5.82 Å². The molecule has 1 aromatic carbocycles. The molecule has 0 saturated carbocycles. The molecule has 0 atom stereocenters.